The van der Waals surface area contributed by atoms with Crippen molar-refractivity contribution in [2.45, 2.75) is 30.9 Å². The Bertz CT molecular complexity index is 1130. The van der Waals surface area contributed by atoms with Gasteiger partial charge in [0.15, 0.2) is 0 Å². The molecule has 1 aliphatic heterocycles. The zero-order valence-electron chi connectivity index (χ0n) is 21.1. The molecular weight excluding hydrogens is 432 g/mol. The number of nitrogens with one attached hydrogen (secondary N) is 1. The number of rotatable bonds is 9. The monoisotopic (exact) mass is 468 g/mol. The standard InChI is InChI=1S/C30H36N4O/c1-32-19-16-28(25-11-9-10-24(22-25)23-31)35-29-15-8-7-14-27(29)34-20-17-30(18-21-34,33(2)3)26-12-5-4-6-13-26/h4-15,22,28,32H,16-21H2,1-3H3. The normalized spacial score (nSPS) is 16.0. The first-order valence-electron chi connectivity index (χ1n) is 12.5. The van der Waals surface area contributed by atoms with Crippen molar-refractivity contribution < 1.29 is 4.74 Å². The highest BCUT2D eigenvalue weighted by atomic mass is 16.5. The Morgan fingerprint density at radius 3 is 2.40 bits per heavy atom. The van der Waals surface area contributed by atoms with Crippen molar-refractivity contribution >= 4 is 5.69 Å². The molecule has 0 saturated carbocycles. The summed E-state index contributed by atoms with van der Waals surface area (Å²) in [4.78, 5) is 4.85. The van der Waals surface area contributed by atoms with Gasteiger partial charge in [-0.1, -0.05) is 54.6 Å². The molecule has 0 amide bonds. The highest BCUT2D eigenvalue weighted by Gasteiger charge is 2.38. The van der Waals surface area contributed by atoms with Crippen molar-refractivity contribution in [1.82, 2.24) is 10.2 Å². The lowest BCUT2D eigenvalue weighted by Gasteiger charge is -2.47. The summed E-state index contributed by atoms with van der Waals surface area (Å²) in [6, 6.07) is 29.3. The predicted molar refractivity (Wildman–Crippen MR) is 143 cm³/mol. The fourth-order valence-corrected chi connectivity index (χ4v) is 5.21. The van der Waals surface area contributed by atoms with E-state index in [-0.39, 0.29) is 11.6 Å². The Hall–Kier alpha value is -3.33. The van der Waals surface area contributed by atoms with E-state index in [1.54, 1.807) is 0 Å². The van der Waals surface area contributed by atoms with Crippen LogP contribution in [0, 0.1) is 11.3 Å². The first-order chi connectivity index (χ1) is 17.1. The molecule has 1 atom stereocenters. The van der Waals surface area contributed by atoms with Crippen LogP contribution in [0.25, 0.3) is 0 Å². The minimum absolute atomic E-state index is 0.0423. The number of piperidine rings is 1. The van der Waals surface area contributed by atoms with E-state index < -0.39 is 0 Å². The van der Waals surface area contributed by atoms with E-state index in [2.05, 4.69) is 89.9 Å². The molecule has 4 rings (SSSR count). The second kappa shape index (κ2) is 11.4. The largest absolute Gasteiger partial charge is 0.484 e. The Balaban J connectivity index is 1.56. The van der Waals surface area contributed by atoms with Crippen LogP contribution in [-0.4, -0.2) is 45.7 Å². The van der Waals surface area contributed by atoms with Crippen molar-refractivity contribution in [1.29, 1.82) is 5.26 Å². The van der Waals surface area contributed by atoms with Crippen molar-refractivity contribution in [3.63, 3.8) is 0 Å². The number of hydrogen-bond donors (Lipinski definition) is 1. The summed E-state index contributed by atoms with van der Waals surface area (Å²) in [6.45, 7) is 2.74. The number of para-hydroxylation sites is 2. The van der Waals surface area contributed by atoms with Crippen molar-refractivity contribution in [2.24, 2.45) is 0 Å². The minimum atomic E-state index is -0.133. The fourth-order valence-electron chi connectivity index (χ4n) is 5.21. The Morgan fingerprint density at radius 2 is 1.71 bits per heavy atom. The van der Waals surface area contributed by atoms with Gasteiger partial charge in [0.05, 0.1) is 17.3 Å². The molecule has 0 radical (unpaired) electrons. The van der Waals surface area contributed by atoms with Gasteiger partial charge >= 0.3 is 0 Å². The van der Waals surface area contributed by atoms with Gasteiger partial charge in [-0.05, 0) is 75.9 Å². The van der Waals surface area contributed by atoms with Gasteiger partial charge in [-0.3, -0.25) is 4.90 Å². The molecule has 35 heavy (non-hydrogen) atoms. The smallest absolute Gasteiger partial charge is 0.143 e. The van der Waals surface area contributed by atoms with E-state index in [1.165, 1.54) is 5.56 Å². The van der Waals surface area contributed by atoms with E-state index in [4.69, 9.17) is 4.74 Å². The molecule has 5 nitrogen and oxygen atoms in total. The van der Waals surface area contributed by atoms with Crippen LogP contribution in [0.1, 0.15) is 42.1 Å². The van der Waals surface area contributed by atoms with Crippen LogP contribution >= 0.6 is 0 Å². The maximum absolute atomic E-state index is 9.37. The summed E-state index contributed by atoms with van der Waals surface area (Å²) in [7, 11) is 6.34. The Morgan fingerprint density at radius 1 is 1.00 bits per heavy atom. The Kier molecular flexibility index (Phi) is 8.07. The van der Waals surface area contributed by atoms with E-state index in [1.807, 2.05) is 31.3 Å². The van der Waals surface area contributed by atoms with Gasteiger partial charge in [0.2, 0.25) is 0 Å². The maximum atomic E-state index is 9.37. The molecule has 1 fully saturated rings. The van der Waals surface area contributed by atoms with Gasteiger partial charge < -0.3 is 15.0 Å². The van der Waals surface area contributed by atoms with Crippen LogP contribution in [0.5, 0.6) is 5.75 Å². The molecule has 0 aliphatic carbocycles. The van der Waals surface area contributed by atoms with Gasteiger partial charge in [-0.15, -0.1) is 0 Å². The lowest BCUT2D eigenvalue weighted by atomic mass is 9.79. The molecular formula is C30H36N4O. The van der Waals surface area contributed by atoms with Crippen LogP contribution in [0.15, 0.2) is 78.9 Å². The van der Waals surface area contributed by atoms with Crippen LogP contribution < -0.4 is 15.0 Å². The molecule has 182 valence electrons. The van der Waals surface area contributed by atoms with Gasteiger partial charge in [0.25, 0.3) is 0 Å². The molecule has 3 aromatic rings. The minimum Gasteiger partial charge on any atom is -0.484 e. The molecule has 1 heterocycles. The molecule has 1 saturated heterocycles. The lowest BCUT2D eigenvalue weighted by molar-refractivity contribution is 0.115. The molecule has 1 aliphatic rings. The molecule has 1 unspecified atom stereocenters. The summed E-state index contributed by atoms with van der Waals surface area (Å²) < 4.78 is 6.67. The SMILES string of the molecule is CNCCC(Oc1ccccc1N1CCC(c2ccccc2)(N(C)C)CC1)c1cccc(C#N)c1. The lowest BCUT2D eigenvalue weighted by Crippen LogP contribution is -2.50. The average molecular weight is 469 g/mol. The second-order valence-corrected chi connectivity index (χ2v) is 9.48. The van der Waals surface area contributed by atoms with Crippen LogP contribution in [0.4, 0.5) is 5.69 Å². The molecule has 0 spiro atoms. The number of ether oxygens (including phenoxy) is 1. The fraction of sp³-hybridized carbons (Fsp3) is 0.367. The van der Waals surface area contributed by atoms with Crippen LogP contribution in [0.2, 0.25) is 0 Å². The van der Waals surface area contributed by atoms with E-state index >= 15 is 0 Å². The summed E-state index contributed by atoms with van der Waals surface area (Å²) in [5.41, 5.74) is 4.26. The topological polar surface area (TPSA) is 51.5 Å². The van der Waals surface area contributed by atoms with Gasteiger partial charge in [0.1, 0.15) is 11.9 Å². The first kappa shape index (κ1) is 24.8. The van der Waals surface area contributed by atoms with E-state index in [0.29, 0.717) is 5.56 Å². The number of nitrogens with zero attached hydrogens (tertiary/aromatic N) is 3. The maximum Gasteiger partial charge on any atom is 0.143 e. The van der Waals surface area contributed by atoms with Crippen molar-refractivity contribution in [2.75, 3.05) is 45.7 Å². The highest BCUT2D eigenvalue weighted by Crippen LogP contribution is 2.41. The van der Waals surface area contributed by atoms with Gasteiger partial charge in [-0.2, -0.15) is 5.26 Å². The molecule has 3 aromatic carbocycles. The van der Waals surface area contributed by atoms with E-state index in [0.717, 1.165) is 55.9 Å². The number of hydrogen-bond acceptors (Lipinski definition) is 5. The van der Waals surface area contributed by atoms with Crippen molar-refractivity contribution in [3.8, 4) is 11.8 Å². The number of benzene rings is 3. The van der Waals surface area contributed by atoms with Crippen LogP contribution in [0.3, 0.4) is 0 Å². The predicted octanol–water partition coefficient (Wildman–Crippen LogP) is 5.35. The van der Waals surface area contributed by atoms with Crippen LogP contribution in [-0.2, 0) is 5.54 Å². The van der Waals surface area contributed by atoms with Crippen molar-refractivity contribution in [3.05, 3.63) is 95.6 Å². The second-order valence-electron chi connectivity index (χ2n) is 9.48. The average Bonchev–Trinajstić information content (AvgIpc) is 2.91. The molecule has 5 heteroatoms. The zero-order valence-corrected chi connectivity index (χ0v) is 21.1. The summed E-state index contributed by atoms with van der Waals surface area (Å²) in [5, 5.41) is 12.6. The van der Waals surface area contributed by atoms with Gasteiger partial charge in [-0.25, -0.2) is 0 Å². The summed E-state index contributed by atoms with van der Waals surface area (Å²) in [5.74, 6) is 0.896. The van der Waals surface area contributed by atoms with Gasteiger partial charge in [0, 0.05) is 25.0 Å². The zero-order chi connectivity index (χ0) is 24.7. The molecule has 1 N–H and O–H groups in total. The molecule has 0 bridgehead atoms. The Labute approximate surface area is 209 Å². The third-order valence-corrected chi connectivity index (χ3v) is 7.28. The highest BCUT2D eigenvalue weighted by molar-refractivity contribution is 5.59. The molecule has 0 aromatic heterocycles. The third-order valence-electron chi connectivity index (χ3n) is 7.28. The summed E-state index contributed by atoms with van der Waals surface area (Å²) >= 11 is 0. The quantitative estimate of drug-likeness (QED) is 0.459. The first-order valence-corrected chi connectivity index (χ1v) is 12.5. The number of nitriles is 1. The summed E-state index contributed by atoms with van der Waals surface area (Å²) in [6.07, 6.45) is 2.78. The number of anilines is 1. The van der Waals surface area contributed by atoms with E-state index in [9.17, 15) is 5.26 Å². The third kappa shape index (κ3) is 5.51.